The Balaban J connectivity index is 2.23. The van der Waals surface area contributed by atoms with Gasteiger partial charge in [-0.3, -0.25) is 0 Å². The molecule has 0 saturated heterocycles. The largest absolute Gasteiger partial charge is 0.573 e. The third-order valence-corrected chi connectivity index (χ3v) is 3.96. The summed E-state index contributed by atoms with van der Waals surface area (Å²) < 4.78 is 120. The van der Waals surface area contributed by atoms with Crippen molar-refractivity contribution in [3.05, 3.63) is 40.5 Å². The molecule has 0 bridgehead atoms. The van der Waals surface area contributed by atoms with E-state index >= 15 is 0 Å². The van der Waals surface area contributed by atoms with Crippen molar-refractivity contribution in [1.29, 1.82) is 0 Å². The minimum Gasteiger partial charge on any atom is -0.406 e. The van der Waals surface area contributed by atoms with Crippen molar-refractivity contribution < 1.29 is 44.3 Å². The third kappa shape index (κ3) is 4.17. The molecule has 162 valence electrons. The molecule has 0 unspecified atom stereocenters. The second-order valence-corrected chi connectivity index (χ2v) is 6.11. The van der Waals surface area contributed by atoms with E-state index in [0.29, 0.717) is 10.7 Å². The average Bonchev–Trinajstić information content (AvgIpc) is 2.88. The van der Waals surface area contributed by atoms with Crippen molar-refractivity contribution in [3.8, 4) is 11.4 Å². The highest BCUT2D eigenvalue weighted by atomic mass is 35.5. The van der Waals surface area contributed by atoms with Gasteiger partial charge < -0.3 is 10.5 Å². The smallest absolute Gasteiger partial charge is 0.406 e. The van der Waals surface area contributed by atoms with Crippen LogP contribution in [0.25, 0.3) is 16.7 Å². The lowest BCUT2D eigenvalue weighted by molar-refractivity contribution is -0.274. The number of nitrogens with zero attached hydrogens (tertiary/aromatic N) is 3. The zero-order valence-electron chi connectivity index (χ0n) is 13.9. The van der Waals surface area contributed by atoms with Gasteiger partial charge in [-0.25, -0.2) is 9.67 Å². The number of ether oxygens (including phenoxy) is 1. The molecule has 0 spiro atoms. The Kier molecular flexibility index (Phi) is 4.96. The van der Waals surface area contributed by atoms with Gasteiger partial charge in [-0.05, 0) is 18.2 Å². The molecule has 0 radical (unpaired) electrons. The molecule has 0 amide bonds. The fourth-order valence-corrected chi connectivity index (χ4v) is 2.77. The first kappa shape index (κ1) is 21.8. The van der Waals surface area contributed by atoms with Crippen LogP contribution in [0.2, 0.25) is 5.02 Å². The van der Waals surface area contributed by atoms with Crippen molar-refractivity contribution in [2.75, 3.05) is 5.73 Å². The normalized spacial score (nSPS) is 13.1. The maximum absolute atomic E-state index is 13.3. The van der Waals surface area contributed by atoms with E-state index in [2.05, 4.69) is 14.8 Å². The van der Waals surface area contributed by atoms with E-state index in [1.165, 1.54) is 0 Å². The molecule has 0 aliphatic rings. The third-order valence-electron chi connectivity index (χ3n) is 3.66. The second-order valence-electron chi connectivity index (χ2n) is 5.71. The Labute approximate surface area is 164 Å². The van der Waals surface area contributed by atoms with Gasteiger partial charge in [-0.1, -0.05) is 11.6 Å². The van der Waals surface area contributed by atoms with Crippen molar-refractivity contribution in [1.82, 2.24) is 14.8 Å². The summed E-state index contributed by atoms with van der Waals surface area (Å²) in [7, 11) is 0. The van der Waals surface area contributed by atoms with Crippen LogP contribution in [-0.4, -0.2) is 21.1 Å². The molecular weight excluding hydrogens is 459 g/mol. The van der Waals surface area contributed by atoms with Gasteiger partial charge in [0.1, 0.15) is 17.3 Å². The molecule has 15 heteroatoms. The minimum atomic E-state index is -5.24. The molecule has 0 fully saturated rings. The van der Waals surface area contributed by atoms with E-state index in [-0.39, 0.29) is 11.8 Å². The van der Waals surface area contributed by atoms with Crippen LogP contribution < -0.4 is 10.5 Å². The summed E-state index contributed by atoms with van der Waals surface area (Å²) in [6.07, 6.45) is -15.5. The molecular formula is C15H6ClF9N4O. The minimum absolute atomic E-state index is 0.216. The van der Waals surface area contributed by atoms with Gasteiger partial charge in [-0.2, -0.15) is 26.3 Å². The first-order valence-corrected chi connectivity index (χ1v) is 7.85. The lowest BCUT2D eigenvalue weighted by atomic mass is 10.1. The number of rotatable bonds is 2. The molecule has 0 aliphatic carbocycles. The number of alkyl halides is 9. The van der Waals surface area contributed by atoms with E-state index in [9.17, 15) is 39.5 Å². The predicted octanol–water partition coefficient (Wildman–Crippen LogP) is 5.59. The number of halogens is 10. The molecule has 1 aromatic carbocycles. The van der Waals surface area contributed by atoms with Gasteiger partial charge in [0.2, 0.25) is 0 Å². The van der Waals surface area contributed by atoms with Gasteiger partial charge >= 0.3 is 18.7 Å². The maximum atomic E-state index is 13.3. The summed E-state index contributed by atoms with van der Waals surface area (Å²) >= 11 is 5.84. The van der Waals surface area contributed by atoms with Gasteiger partial charge in [0.15, 0.2) is 5.65 Å². The molecule has 30 heavy (non-hydrogen) atoms. The van der Waals surface area contributed by atoms with Crippen LogP contribution in [0.1, 0.15) is 11.3 Å². The number of hydrogen-bond acceptors (Lipinski definition) is 4. The Bertz CT molecular complexity index is 1120. The van der Waals surface area contributed by atoms with Crippen LogP contribution in [0.15, 0.2) is 24.3 Å². The lowest BCUT2D eigenvalue weighted by Gasteiger charge is -2.12. The van der Waals surface area contributed by atoms with Crippen LogP contribution in [0.4, 0.5) is 45.3 Å². The lowest BCUT2D eigenvalue weighted by Crippen LogP contribution is -2.17. The number of hydrogen-bond donors (Lipinski definition) is 1. The van der Waals surface area contributed by atoms with Gasteiger partial charge in [0.05, 0.1) is 21.7 Å². The average molecular weight is 465 g/mol. The van der Waals surface area contributed by atoms with E-state index in [1.54, 1.807) is 0 Å². The predicted molar refractivity (Wildman–Crippen MR) is 85.0 cm³/mol. The van der Waals surface area contributed by atoms with Crippen LogP contribution >= 0.6 is 11.6 Å². The second kappa shape index (κ2) is 6.82. The standard InChI is InChI=1S/C15H6ClF9N4O/c16-7-3-5(30-15(23,24)25)1-2-8(7)29-11(26)10-6(13(17,18)19)4-9(14(20,21)22)27-12(10)28-29/h1-4H,26H2. The number of fused-ring (bicyclic) bond motifs is 1. The van der Waals surface area contributed by atoms with E-state index in [4.69, 9.17) is 17.3 Å². The van der Waals surface area contributed by atoms with E-state index in [1.807, 2.05) is 0 Å². The van der Waals surface area contributed by atoms with Crippen LogP contribution in [0.5, 0.6) is 5.75 Å². The molecule has 2 heterocycles. The van der Waals surface area contributed by atoms with Crippen LogP contribution in [-0.2, 0) is 12.4 Å². The van der Waals surface area contributed by atoms with Crippen LogP contribution in [0, 0.1) is 0 Å². The first-order valence-electron chi connectivity index (χ1n) is 7.47. The number of pyridine rings is 1. The number of aromatic nitrogens is 3. The van der Waals surface area contributed by atoms with Crippen molar-refractivity contribution in [3.63, 3.8) is 0 Å². The Hall–Kier alpha value is -2.90. The molecule has 3 rings (SSSR count). The topological polar surface area (TPSA) is 66.0 Å². The SMILES string of the molecule is Nc1c2c(C(F)(F)F)cc(C(F)(F)F)nc2nn1-c1ccc(OC(F)(F)F)cc1Cl. The summed E-state index contributed by atoms with van der Waals surface area (Å²) in [5.41, 5.74) is 0.751. The Morgan fingerprint density at radius 2 is 1.57 bits per heavy atom. The molecule has 3 aromatic rings. The highest BCUT2D eigenvalue weighted by Gasteiger charge is 2.41. The zero-order chi connectivity index (χ0) is 22.6. The highest BCUT2D eigenvalue weighted by Crippen LogP contribution is 2.41. The Morgan fingerprint density at radius 1 is 0.933 bits per heavy atom. The maximum Gasteiger partial charge on any atom is 0.573 e. The quantitative estimate of drug-likeness (QED) is 0.502. The molecule has 0 aliphatic heterocycles. The summed E-state index contributed by atoms with van der Waals surface area (Å²) in [6.45, 7) is 0. The zero-order valence-corrected chi connectivity index (χ0v) is 14.7. The van der Waals surface area contributed by atoms with Crippen LogP contribution in [0.3, 0.4) is 0 Å². The van der Waals surface area contributed by atoms with Crippen molar-refractivity contribution >= 4 is 28.5 Å². The van der Waals surface area contributed by atoms with Crippen molar-refractivity contribution in [2.24, 2.45) is 0 Å². The number of nitrogen functional groups attached to an aromatic ring is 1. The Morgan fingerprint density at radius 3 is 2.07 bits per heavy atom. The van der Waals surface area contributed by atoms with E-state index < -0.39 is 57.6 Å². The van der Waals surface area contributed by atoms with Gasteiger partial charge in [0, 0.05) is 6.07 Å². The number of benzene rings is 1. The summed E-state index contributed by atoms with van der Waals surface area (Å²) in [6, 6.07) is 2.10. The summed E-state index contributed by atoms with van der Waals surface area (Å²) in [5, 5.41) is 2.12. The number of anilines is 1. The van der Waals surface area contributed by atoms with Gasteiger partial charge in [-0.15, -0.1) is 18.3 Å². The monoisotopic (exact) mass is 464 g/mol. The highest BCUT2D eigenvalue weighted by molar-refractivity contribution is 6.32. The summed E-state index contributed by atoms with van der Waals surface area (Å²) in [5.74, 6) is -1.52. The molecule has 0 atom stereocenters. The molecule has 5 nitrogen and oxygen atoms in total. The number of nitrogens with two attached hydrogens (primary N) is 1. The first-order chi connectivity index (χ1) is 13.6. The summed E-state index contributed by atoms with van der Waals surface area (Å²) in [4.78, 5) is 3.07. The van der Waals surface area contributed by atoms with Crippen molar-refractivity contribution in [2.45, 2.75) is 18.7 Å². The molecule has 0 saturated carbocycles. The molecule has 2 aromatic heterocycles. The van der Waals surface area contributed by atoms with Gasteiger partial charge in [0.25, 0.3) is 0 Å². The molecule has 2 N–H and O–H groups in total. The van der Waals surface area contributed by atoms with E-state index in [0.717, 1.165) is 12.1 Å². The fourth-order valence-electron chi connectivity index (χ4n) is 2.52. The fraction of sp³-hybridized carbons (Fsp3) is 0.200.